The average Bonchev–Trinajstić information content (AvgIpc) is 2.35. The number of hydrogen-bond donors (Lipinski definition) is 1. The molecule has 3 heteroatoms. The minimum absolute atomic E-state index is 0.0188. The Bertz CT molecular complexity index is 376. The lowest BCUT2D eigenvalue weighted by molar-refractivity contribution is 0.169. The van der Waals surface area contributed by atoms with Crippen molar-refractivity contribution in [1.82, 2.24) is 0 Å². The molecule has 0 bridgehead atoms. The maximum Gasteiger partial charge on any atom is 0.166 e. The quantitative estimate of drug-likeness (QED) is 0.791. The van der Waals surface area contributed by atoms with E-state index in [4.69, 9.17) is 15.2 Å². The van der Waals surface area contributed by atoms with E-state index in [0.717, 1.165) is 29.9 Å². The average molecular weight is 219 g/mol. The fraction of sp³-hybridized carbons (Fsp3) is 0.385. The first-order valence-corrected chi connectivity index (χ1v) is 5.58. The summed E-state index contributed by atoms with van der Waals surface area (Å²) in [5, 5.41) is 0. The highest BCUT2D eigenvalue weighted by Crippen LogP contribution is 2.37. The van der Waals surface area contributed by atoms with Gasteiger partial charge in [-0.3, -0.25) is 0 Å². The van der Waals surface area contributed by atoms with Gasteiger partial charge in [0.1, 0.15) is 13.2 Å². The molecule has 2 rings (SSSR count). The van der Waals surface area contributed by atoms with Crippen molar-refractivity contribution >= 4 is 0 Å². The van der Waals surface area contributed by atoms with E-state index in [2.05, 4.69) is 6.58 Å². The molecule has 0 unspecified atom stereocenters. The highest BCUT2D eigenvalue weighted by molar-refractivity contribution is 5.48. The number of allylic oxidation sites excluding steroid dienone is 1. The zero-order chi connectivity index (χ0) is 11.4. The fourth-order valence-corrected chi connectivity index (χ4v) is 1.84. The number of rotatable bonds is 4. The molecule has 86 valence electrons. The molecule has 2 N–H and O–H groups in total. The molecule has 1 aliphatic rings. The van der Waals surface area contributed by atoms with Gasteiger partial charge in [-0.05, 0) is 18.9 Å². The van der Waals surface area contributed by atoms with Gasteiger partial charge in [0.25, 0.3) is 0 Å². The van der Waals surface area contributed by atoms with Gasteiger partial charge in [0, 0.05) is 11.6 Å². The molecule has 1 aromatic rings. The summed E-state index contributed by atoms with van der Waals surface area (Å²) in [6.45, 7) is 4.91. The van der Waals surface area contributed by atoms with Gasteiger partial charge in [-0.25, -0.2) is 0 Å². The second-order valence-electron chi connectivity index (χ2n) is 3.84. The van der Waals surface area contributed by atoms with Crippen LogP contribution >= 0.6 is 0 Å². The van der Waals surface area contributed by atoms with Gasteiger partial charge in [-0.15, -0.1) is 6.58 Å². The summed E-state index contributed by atoms with van der Waals surface area (Å²) in [5.41, 5.74) is 7.15. The van der Waals surface area contributed by atoms with Crippen LogP contribution in [-0.4, -0.2) is 13.2 Å². The van der Waals surface area contributed by atoms with E-state index in [1.165, 1.54) is 0 Å². The lowest BCUT2D eigenvalue weighted by Gasteiger charge is -2.23. The van der Waals surface area contributed by atoms with Crippen LogP contribution in [0.5, 0.6) is 11.5 Å². The first-order chi connectivity index (χ1) is 7.83. The molecule has 1 aromatic carbocycles. The molecule has 0 saturated carbocycles. The summed E-state index contributed by atoms with van der Waals surface area (Å²) in [6, 6.07) is 5.85. The number of ether oxygens (including phenoxy) is 2. The third-order valence-corrected chi connectivity index (χ3v) is 2.68. The van der Waals surface area contributed by atoms with Crippen LogP contribution in [0.25, 0.3) is 0 Å². The molecular formula is C13H17NO2. The van der Waals surface area contributed by atoms with Crippen LogP contribution in [0.3, 0.4) is 0 Å². The summed E-state index contributed by atoms with van der Waals surface area (Å²) in [6.07, 6.45) is 3.67. The molecule has 0 radical (unpaired) electrons. The smallest absolute Gasteiger partial charge is 0.166 e. The Morgan fingerprint density at radius 1 is 1.38 bits per heavy atom. The molecule has 0 aromatic heterocycles. The van der Waals surface area contributed by atoms with Crippen molar-refractivity contribution in [1.29, 1.82) is 0 Å². The second kappa shape index (κ2) is 5.03. The Hall–Kier alpha value is -1.48. The topological polar surface area (TPSA) is 44.5 Å². The largest absolute Gasteiger partial charge is 0.486 e. The molecule has 0 saturated heterocycles. The number of nitrogens with two attached hydrogens (primary N) is 1. The predicted octanol–water partition coefficient (Wildman–Crippen LogP) is 2.42. The van der Waals surface area contributed by atoms with Crippen molar-refractivity contribution in [3.8, 4) is 11.5 Å². The van der Waals surface area contributed by atoms with Crippen LogP contribution in [0.2, 0.25) is 0 Å². The second-order valence-corrected chi connectivity index (χ2v) is 3.84. The van der Waals surface area contributed by atoms with Gasteiger partial charge >= 0.3 is 0 Å². The third-order valence-electron chi connectivity index (χ3n) is 2.68. The van der Waals surface area contributed by atoms with E-state index < -0.39 is 0 Å². The number of para-hydroxylation sites is 1. The lowest BCUT2D eigenvalue weighted by atomic mass is 10.0. The summed E-state index contributed by atoms with van der Waals surface area (Å²) < 4.78 is 11.1. The van der Waals surface area contributed by atoms with Gasteiger partial charge in [0.15, 0.2) is 11.5 Å². The summed E-state index contributed by atoms with van der Waals surface area (Å²) in [7, 11) is 0. The number of hydrogen-bond acceptors (Lipinski definition) is 3. The van der Waals surface area contributed by atoms with Crippen LogP contribution < -0.4 is 15.2 Å². The Balaban J connectivity index is 2.22. The fourth-order valence-electron chi connectivity index (χ4n) is 1.84. The van der Waals surface area contributed by atoms with Gasteiger partial charge in [0.05, 0.1) is 0 Å². The van der Waals surface area contributed by atoms with Crippen molar-refractivity contribution in [2.45, 2.75) is 18.9 Å². The van der Waals surface area contributed by atoms with Crippen molar-refractivity contribution < 1.29 is 9.47 Å². The Labute approximate surface area is 95.9 Å². The molecule has 1 heterocycles. The molecule has 1 aliphatic heterocycles. The molecule has 16 heavy (non-hydrogen) atoms. The SMILES string of the molecule is C=CCC[C@H](N)c1cccc2c1OCCO2. The van der Waals surface area contributed by atoms with E-state index in [9.17, 15) is 0 Å². The first kappa shape index (κ1) is 11.0. The van der Waals surface area contributed by atoms with E-state index >= 15 is 0 Å². The minimum Gasteiger partial charge on any atom is -0.486 e. The molecule has 0 amide bonds. The molecule has 0 aliphatic carbocycles. The zero-order valence-corrected chi connectivity index (χ0v) is 9.32. The summed E-state index contributed by atoms with van der Waals surface area (Å²) >= 11 is 0. The van der Waals surface area contributed by atoms with Gasteiger partial charge in [0.2, 0.25) is 0 Å². The van der Waals surface area contributed by atoms with E-state index in [1.807, 2.05) is 24.3 Å². The van der Waals surface area contributed by atoms with Crippen molar-refractivity contribution in [3.63, 3.8) is 0 Å². The van der Waals surface area contributed by atoms with Gasteiger partial charge < -0.3 is 15.2 Å². The molecule has 0 fully saturated rings. The van der Waals surface area contributed by atoms with Crippen LogP contribution in [0.15, 0.2) is 30.9 Å². The third kappa shape index (κ3) is 2.19. The normalized spacial score (nSPS) is 15.6. The van der Waals surface area contributed by atoms with E-state index in [-0.39, 0.29) is 6.04 Å². The van der Waals surface area contributed by atoms with Crippen LogP contribution in [-0.2, 0) is 0 Å². The van der Waals surface area contributed by atoms with Crippen molar-refractivity contribution in [3.05, 3.63) is 36.4 Å². The Kier molecular flexibility index (Phi) is 3.47. The summed E-state index contributed by atoms with van der Waals surface area (Å²) in [4.78, 5) is 0. The van der Waals surface area contributed by atoms with E-state index in [1.54, 1.807) is 0 Å². The highest BCUT2D eigenvalue weighted by atomic mass is 16.6. The van der Waals surface area contributed by atoms with E-state index in [0.29, 0.717) is 13.2 Å². The van der Waals surface area contributed by atoms with Crippen molar-refractivity contribution in [2.75, 3.05) is 13.2 Å². The van der Waals surface area contributed by atoms with Crippen LogP contribution in [0.1, 0.15) is 24.4 Å². The van der Waals surface area contributed by atoms with Gasteiger partial charge in [-0.2, -0.15) is 0 Å². The Morgan fingerprint density at radius 2 is 2.19 bits per heavy atom. The lowest BCUT2D eigenvalue weighted by Crippen LogP contribution is -2.19. The summed E-state index contributed by atoms with van der Waals surface area (Å²) in [5.74, 6) is 1.61. The van der Waals surface area contributed by atoms with Crippen LogP contribution in [0.4, 0.5) is 0 Å². The monoisotopic (exact) mass is 219 g/mol. The minimum atomic E-state index is -0.0188. The molecular weight excluding hydrogens is 202 g/mol. The first-order valence-electron chi connectivity index (χ1n) is 5.58. The highest BCUT2D eigenvalue weighted by Gasteiger charge is 2.19. The standard InChI is InChI=1S/C13H17NO2/c1-2-3-6-11(14)10-5-4-7-12-13(10)16-9-8-15-12/h2,4-5,7,11H,1,3,6,8-9,14H2/t11-/m0/s1. The predicted molar refractivity (Wildman–Crippen MR) is 63.8 cm³/mol. The number of benzene rings is 1. The van der Waals surface area contributed by atoms with Gasteiger partial charge in [-0.1, -0.05) is 18.2 Å². The maximum absolute atomic E-state index is 6.12. The maximum atomic E-state index is 6.12. The number of fused-ring (bicyclic) bond motifs is 1. The van der Waals surface area contributed by atoms with Crippen LogP contribution in [0, 0.1) is 0 Å². The molecule has 1 atom stereocenters. The Morgan fingerprint density at radius 3 is 3.00 bits per heavy atom. The van der Waals surface area contributed by atoms with Crippen molar-refractivity contribution in [2.24, 2.45) is 5.73 Å². The molecule has 0 spiro atoms. The molecule has 3 nitrogen and oxygen atoms in total. The zero-order valence-electron chi connectivity index (χ0n) is 9.32.